The summed E-state index contributed by atoms with van der Waals surface area (Å²) in [6.45, 7) is 3.40. The molecule has 0 aliphatic carbocycles. The van der Waals surface area contributed by atoms with E-state index < -0.39 is 0 Å². The molecular formula is C9H12BrNS. The first-order valence-corrected chi connectivity index (χ1v) is 5.75. The van der Waals surface area contributed by atoms with E-state index in [-0.39, 0.29) is 0 Å². The zero-order valence-electron chi connectivity index (χ0n) is 7.30. The maximum absolute atomic E-state index is 3.53. The lowest BCUT2D eigenvalue weighted by molar-refractivity contribution is 0.234. The second-order valence-electron chi connectivity index (χ2n) is 3.47. The number of halogens is 1. The molecule has 0 radical (unpaired) electrons. The van der Waals surface area contributed by atoms with Gasteiger partial charge < -0.3 is 0 Å². The van der Waals surface area contributed by atoms with E-state index in [1.54, 1.807) is 0 Å². The second-order valence-corrected chi connectivity index (χ2v) is 5.98. The van der Waals surface area contributed by atoms with Crippen molar-refractivity contribution >= 4 is 27.3 Å². The first-order chi connectivity index (χ1) is 5.66. The third-order valence-electron chi connectivity index (χ3n) is 2.53. The van der Waals surface area contributed by atoms with Crippen LogP contribution in [0.25, 0.3) is 0 Å². The zero-order chi connectivity index (χ0) is 8.72. The number of nitrogens with zero attached hydrogens (tertiary/aromatic N) is 1. The monoisotopic (exact) mass is 245 g/mol. The molecule has 3 heteroatoms. The van der Waals surface area contributed by atoms with Crippen LogP contribution in [0.5, 0.6) is 0 Å². The molecule has 0 fully saturated rings. The molecule has 1 aromatic heterocycles. The lowest BCUT2D eigenvalue weighted by Gasteiger charge is -2.29. The van der Waals surface area contributed by atoms with Gasteiger partial charge in [0.2, 0.25) is 0 Å². The summed E-state index contributed by atoms with van der Waals surface area (Å²) in [7, 11) is 2.20. The summed E-state index contributed by atoms with van der Waals surface area (Å²) < 4.78 is 1.27. The van der Waals surface area contributed by atoms with Gasteiger partial charge >= 0.3 is 0 Å². The van der Waals surface area contributed by atoms with Gasteiger partial charge in [-0.1, -0.05) is 0 Å². The van der Waals surface area contributed by atoms with E-state index in [9.17, 15) is 0 Å². The van der Waals surface area contributed by atoms with E-state index in [0.29, 0.717) is 6.04 Å². The molecule has 1 nitrogen and oxygen atoms in total. The molecule has 0 saturated carbocycles. The van der Waals surface area contributed by atoms with Crippen LogP contribution >= 0.6 is 27.3 Å². The highest BCUT2D eigenvalue weighted by atomic mass is 79.9. The Balaban J connectivity index is 2.33. The molecule has 1 aliphatic rings. The van der Waals surface area contributed by atoms with Gasteiger partial charge in [0.15, 0.2) is 0 Å². The Labute approximate surface area is 85.5 Å². The van der Waals surface area contributed by atoms with Crippen LogP contribution in [0.2, 0.25) is 0 Å². The molecular weight excluding hydrogens is 234 g/mol. The van der Waals surface area contributed by atoms with E-state index in [1.165, 1.54) is 20.6 Å². The molecule has 2 heterocycles. The van der Waals surface area contributed by atoms with Crippen molar-refractivity contribution in [1.82, 2.24) is 4.90 Å². The van der Waals surface area contributed by atoms with Crippen molar-refractivity contribution in [1.29, 1.82) is 0 Å². The molecule has 0 bridgehead atoms. The van der Waals surface area contributed by atoms with Crippen molar-refractivity contribution in [2.75, 3.05) is 7.05 Å². The molecule has 0 amide bonds. The Morgan fingerprint density at radius 2 is 2.42 bits per heavy atom. The van der Waals surface area contributed by atoms with Gasteiger partial charge in [0, 0.05) is 17.5 Å². The van der Waals surface area contributed by atoms with E-state index in [1.807, 2.05) is 11.3 Å². The van der Waals surface area contributed by atoms with Crippen LogP contribution in [0.15, 0.2) is 9.85 Å². The van der Waals surface area contributed by atoms with Gasteiger partial charge in [-0.05, 0) is 48.0 Å². The molecule has 0 spiro atoms. The highest BCUT2D eigenvalue weighted by Crippen LogP contribution is 2.32. The highest BCUT2D eigenvalue weighted by Gasteiger charge is 2.21. The minimum atomic E-state index is 0.694. The summed E-state index contributed by atoms with van der Waals surface area (Å²) in [5, 5.41) is 0. The summed E-state index contributed by atoms with van der Waals surface area (Å²) in [6.07, 6.45) is 1.20. The Kier molecular flexibility index (Phi) is 2.27. The number of hydrogen-bond acceptors (Lipinski definition) is 2. The molecule has 1 atom stereocenters. The third-order valence-corrected chi connectivity index (χ3v) is 4.19. The standard InChI is InChI=1S/C9H12BrNS/c1-6-3-7-4-9(10)12-8(7)5-11(6)2/h4,6H,3,5H2,1-2H3. The molecule has 1 aromatic rings. The first kappa shape index (κ1) is 8.73. The van der Waals surface area contributed by atoms with Gasteiger partial charge in [-0.25, -0.2) is 0 Å². The fraction of sp³-hybridized carbons (Fsp3) is 0.556. The first-order valence-electron chi connectivity index (χ1n) is 4.14. The lowest BCUT2D eigenvalue weighted by Crippen LogP contribution is -2.34. The van der Waals surface area contributed by atoms with Crippen LogP contribution in [-0.4, -0.2) is 18.0 Å². The van der Waals surface area contributed by atoms with Crippen LogP contribution in [0.3, 0.4) is 0 Å². The molecule has 12 heavy (non-hydrogen) atoms. The molecule has 0 saturated heterocycles. The number of hydrogen-bond donors (Lipinski definition) is 0. The van der Waals surface area contributed by atoms with E-state index in [4.69, 9.17) is 0 Å². The topological polar surface area (TPSA) is 3.24 Å². The SMILES string of the molecule is CC1Cc2cc(Br)sc2CN1C. The van der Waals surface area contributed by atoms with Crippen molar-refractivity contribution < 1.29 is 0 Å². The fourth-order valence-corrected chi connectivity index (χ4v) is 3.43. The number of fused-ring (bicyclic) bond motifs is 1. The fourth-order valence-electron chi connectivity index (χ4n) is 1.59. The Bertz CT molecular complexity index is 267. The molecule has 0 N–H and O–H groups in total. The number of likely N-dealkylation sites (N-methyl/N-ethyl adjacent to an activating group) is 1. The normalized spacial score (nSPS) is 24.1. The average Bonchev–Trinajstić information content (AvgIpc) is 2.30. The van der Waals surface area contributed by atoms with Crippen LogP contribution in [0.1, 0.15) is 17.4 Å². The Morgan fingerprint density at radius 3 is 3.17 bits per heavy atom. The van der Waals surface area contributed by atoms with Crippen molar-refractivity contribution in [3.63, 3.8) is 0 Å². The van der Waals surface area contributed by atoms with Crippen LogP contribution < -0.4 is 0 Å². The maximum atomic E-state index is 3.53. The Hall–Kier alpha value is 0.140. The second kappa shape index (κ2) is 3.13. The predicted molar refractivity (Wildman–Crippen MR) is 56.7 cm³/mol. The molecule has 1 unspecified atom stereocenters. The maximum Gasteiger partial charge on any atom is 0.0704 e. The number of rotatable bonds is 0. The van der Waals surface area contributed by atoms with Gasteiger partial charge in [0.25, 0.3) is 0 Å². The third kappa shape index (κ3) is 1.45. The minimum Gasteiger partial charge on any atom is -0.298 e. The highest BCUT2D eigenvalue weighted by molar-refractivity contribution is 9.11. The zero-order valence-corrected chi connectivity index (χ0v) is 9.70. The summed E-state index contributed by atoms with van der Waals surface area (Å²) >= 11 is 5.40. The lowest BCUT2D eigenvalue weighted by atomic mass is 10.0. The van der Waals surface area contributed by atoms with Gasteiger partial charge in [-0.15, -0.1) is 11.3 Å². The molecule has 0 aromatic carbocycles. The quantitative estimate of drug-likeness (QED) is 0.680. The van der Waals surface area contributed by atoms with Crippen molar-refractivity contribution in [2.24, 2.45) is 0 Å². The number of thiophene rings is 1. The minimum absolute atomic E-state index is 0.694. The molecule has 1 aliphatic heterocycles. The van der Waals surface area contributed by atoms with Gasteiger partial charge in [-0.2, -0.15) is 0 Å². The summed E-state index contributed by atoms with van der Waals surface area (Å²) in [5.41, 5.74) is 1.54. The van der Waals surface area contributed by atoms with Gasteiger partial charge in [-0.3, -0.25) is 4.90 Å². The van der Waals surface area contributed by atoms with E-state index >= 15 is 0 Å². The summed E-state index contributed by atoms with van der Waals surface area (Å²) in [6, 6.07) is 2.96. The summed E-state index contributed by atoms with van der Waals surface area (Å²) in [4.78, 5) is 3.94. The summed E-state index contributed by atoms with van der Waals surface area (Å²) in [5.74, 6) is 0. The average molecular weight is 246 g/mol. The van der Waals surface area contributed by atoms with E-state index in [2.05, 4.69) is 40.9 Å². The van der Waals surface area contributed by atoms with Gasteiger partial charge in [0.1, 0.15) is 0 Å². The van der Waals surface area contributed by atoms with E-state index in [0.717, 1.165) is 6.54 Å². The van der Waals surface area contributed by atoms with Crippen molar-refractivity contribution in [2.45, 2.75) is 25.9 Å². The van der Waals surface area contributed by atoms with Crippen LogP contribution in [0, 0.1) is 0 Å². The molecule has 2 rings (SSSR count). The van der Waals surface area contributed by atoms with Crippen molar-refractivity contribution in [3.05, 3.63) is 20.3 Å². The van der Waals surface area contributed by atoms with Crippen LogP contribution in [0.4, 0.5) is 0 Å². The Morgan fingerprint density at radius 1 is 1.67 bits per heavy atom. The predicted octanol–water partition coefficient (Wildman–Crippen LogP) is 2.89. The molecule has 66 valence electrons. The largest absolute Gasteiger partial charge is 0.298 e. The van der Waals surface area contributed by atoms with Crippen LogP contribution in [-0.2, 0) is 13.0 Å². The smallest absolute Gasteiger partial charge is 0.0704 e. The van der Waals surface area contributed by atoms with Gasteiger partial charge in [0.05, 0.1) is 3.79 Å². The van der Waals surface area contributed by atoms with Crippen molar-refractivity contribution in [3.8, 4) is 0 Å².